The molecular weight excluding hydrogens is 584 g/mol. The second-order valence-corrected chi connectivity index (χ2v) is 11.5. The summed E-state index contributed by atoms with van der Waals surface area (Å²) in [5, 5.41) is 2.80. The lowest BCUT2D eigenvalue weighted by Gasteiger charge is -2.34. The predicted octanol–water partition coefficient (Wildman–Crippen LogP) is 2.61. The van der Waals surface area contributed by atoms with E-state index < -0.39 is 6.09 Å². The van der Waals surface area contributed by atoms with Crippen LogP contribution in [0.5, 0.6) is 0 Å². The molecule has 2 aromatic heterocycles. The first-order valence-corrected chi connectivity index (χ1v) is 15.5. The number of piperazine rings is 1. The zero-order valence-electron chi connectivity index (χ0n) is 24.9. The van der Waals surface area contributed by atoms with Crippen LogP contribution < -0.4 is 20.3 Å². The number of hydrogen-bond acceptors (Lipinski definition) is 13. The fraction of sp³-hybridized carbons (Fsp3) is 0.448. The Labute approximate surface area is 260 Å². The fourth-order valence-electron chi connectivity index (χ4n) is 5.49. The van der Waals surface area contributed by atoms with E-state index in [4.69, 9.17) is 24.6 Å². The van der Waals surface area contributed by atoms with Crippen molar-refractivity contribution in [2.24, 2.45) is 0 Å². The molecule has 6 rings (SSSR count). The van der Waals surface area contributed by atoms with Crippen molar-refractivity contribution in [1.82, 2.24) is 29.7 Å². The summed E-state index contributed by atoms with van der Waals surface area (Å²) in [5.41, 5.74) is 10.0. The van der Waals surface area contributed by atoms with E-state index in [1.807, 2.05) is 16.1 Å². The number of fused-ring (bicyclic) bond motifs is 1. The summed E-state index contributed by atoms with van der Waals surface area (Å²) in [5.74, 6) is 1.43. The van der Waals surface area contributed by atoms with Gasteiger partial charge in [0.25, 0.3) is 5.91 Å². The molecule has 3 aliphatic rings. The minimum absolute atomic E-state index is 0.00424. The quantitative estimate of drug-likeness (QED) is 0.294. The van der Waals surface area contributed by atoms with Crippen LogP contribution >= 0.6 is 12.2 Å². The molecule has 3 N–H and O–H groups in total. The predicted molar refractivity (Wildman–Crippen MR) is 168 cm³/mol. The molecule has 0 spiro atoms. The second kappa shape index (κ2) is 13.2. The van der Waals surface area contributed by atoms with Crippen LogP contribution in [-0.4, -0.2) is 107 Å². The second-order valence-electron chi connectivity index (χ2n) is 10.8. The Morgan fingerprint density at radius 1 is 1.05 bits per heavy atom. The minimum Gasteiger partial charge on any atom is -0.378 e. The van der Waals surface area contributed by atoms with Crippen molar-refractivity contribution in [1.29, 1.82) is 0 Å². The molecule has 2 saturated heterocycles. The number of carbonyl (C=O) groups is 2. The molecule has 5 heterocycles. The number of amides is 2. The number of nitrogens with two attached hydrogens (primary N) is 1. The van der Waals surface area contributed by atoms with Gasteiger partial charge in [-0.25, -0.2) is 19.7 Å². The number of nitrogens with one attached hydrogen (secondary N) is 1. The van der Waals surface area contributed by atoms with Crippen molar-refractivity contribution in [3.05, 3.63) is 47.3 Å². The van der Waals surface area contributed by atoms with E-state index in [1.54, 1.807) is 30.6 Å². The van der Waals surface area contributed by atoms with Gasteiger partial charge in [-0.2, -0.15) is 4.98 Å². The number of morpholine rings is 1. The number of hydrogen-bond donors (Lipinski definition) is 2. The largest absolute Gasteiger partial charge is 0.425 e. The first-order chi connectivity index (χ1) is 21.4. The monoisotopic (exact) mass is 620 g/mol. The third-order valence-corrected chi connectivity index (χ3v) is 8.79. The van der Waals surface area contributed by atoms with Crippen LogP contribution in [0.25, 0.3) is 11.3 Å². The third-order valence-electron chi connectivity index (χ3n) is 8.03. The minimum atomic E-state index is -0.629. The maximum absolute atomic E-state index is 13.0. The molecule has 3 aromatic rings. The summed E-state index contributed by atoms with van der Waals surface area (Å²) < 4.78 is 12.9. The maximum Gasteiger partial charge on any atom is 0.425 e. The summed E-state index contributed by atoms with van der Waals surface area (Å²) >= 11 is 0.922. The van der Waals surface area contributed by atoms with Gasteiger partial charge < -0.3 is 29.4 Å². The Bertz CT molecular complexity index is 1510. The number of nitrogens with zero attached hydrogens (tertiary/aromatic N) is 8. The molecule has 2 fully saturated rings. The molecule has 2 amide bonds. The van der Waals surface area contributed by atoms with Crippen LogP contribution in [0.2, 0.25) is 0 Å². The Morgan fingerprint density at radius 2 is 1.80 bits per heavy atom. The lowest BCUT2D eigenvalue weighted by Crippen LogP contribution is -2.48. The van der Waals surface area contributed by atoms with Gasteiger partial charge in [0, 0.05) is 80.6 Å². The highest BCUT2D eigenvalue weighted by Crippen LogP contribution is 2.38. The summed E-state index contributed by atoms with van der Waals surface area (Å²) in [6.45, 7) is 11.2. The van der Waals surface area contributed by atoms with Gasteiger partial charge in [-0.3, -0.25) is 14.4 Å². The van der Waals surface area contributed by atoms with Gasteiger partial charge in [0.1, 0.15) is 0 Å². The highest BCUT2D eigenvalue weighted by molar-refractivity contribution is 7.96. The Balaban J connectivity index is 1.12. The van der Waals surface area contributed by atoms with Gasteiger partial charge in [0.2, 0.25) is 11.9 Å². The van der Waals surface area contributed by atoms with Gasteiger partial charge in [0.05, 0.1) is 18.9 Å². The summed E-state index contributed by atoms with van der Waals surface area (Å²) in [6, 6.07) is 5.29. The van der Waals surface area contributed by atoms with Gasteiger partial charge in [0.15, 0.2) is 18.0 Å². The molecule has 0 unspecified atom stereocenters. The SMILES string of the molecule is CCN1CCN(C(=O)c2ccc(NC(=O)OSN3CCc4c(-c5cnc(N)nc5)nc(N5CCOCC5)nc43)c(C)c2)CC1. The van der Waals surface area contributed by atoms with Crippen molar-refractivity contribution >= 4 is 47.6 Å². The van der Waals surface area contributed by atoms with E-state index >= 15 is 0 Å². The highest BCUT2D eigenvalue weighted by atomic mass is 32.2. The normalized spacial score (nSPS) is 17.0. The van der Waals surface area contributed by atoms with Crippen LogP contribution in [-0.2, 0) is 15.3 Å². The van der Waals surface area contributed by atoms with Crippen molar-refractivity contribution in [2.45, 2.75) is 20.3 Å². The average molecular weight is 621 g/mol. The highest BCUT2D eigenvalue weighted by Gasteiger charge is 2.30. The lowest BCUT2D eigenvalue weighted by atomic mass is 10.1. The Morgan fingerprint density at radius 3 is 2.50 bits per heavy atom. The molecule has 44 heavy (non-hydrogen) atoms. The van der Waals surface area contributed by atoms with Crippen LogP contribution in [0.3, 0.4) is 0 Å². The zero-order chi connectivity index (χ0) is 30.6. The van der Waals surface area contributed by atoms with E-state index in [0.29, 0.717) is 75.4 Å². The van der Waals surface area contributed by atoms with Gasteiger partial charge in [-0.1, -0.05) is 6.92 Å². The number of benzene rings is 1. The third kappa shape index (κ3) is 6.49. The van der Waals surface area contributed by atoms with Crippen molar-refractivity contribution in [3.8, 4) is 11.3 Å². The van der Waals surface area contributed by atoms with E-state index in [1.165, 1.54) is 0 Å². The zero-order valence-corrected chi connectivity index (χ0v) is 25.7. The van der Waals surface area contributed by atoms with Crippen LogP contribution in [0, 0.1) is 6.92 Å². The van der Waals surface area contributed by atoms with Gasteiger partial charge >= 0.3 is 6.09 Å². The van der Waals surface area contributed by atoms with E-state index in [9.17, 15) is 9.59 Å². The standard InChI is InChI=1S/C29H36N10O4S/c1-3-36-8-10-37(11-9-36)26(40)20-4-5-23(19(2)16-20)33-29(41)43-44-39-7-6-22-24(21-17-31-27(30)32-18-21)34-28(35-25(22)39)38-12-14-42-15-13-38/h4-5,16-18H,3,6-15H2,1-2H3,(H,33,41)(H2,30,31,32). The van der Waals surface area contributed by atoms with Crippen LogP contribution in [0.15, 0.2) is 30.6 Å². The molecule has 0 atom stereocenters. The topological polar surface area (TPSA) is 155 Å². The molecule has 3 aliphatic heterocycles. The molecule has 0 saturated carbocycles. The van der Waals surface area contributed by atoms with E-state index in [-0.39, 0.29) is 11.9 Å². The smallest absolute Gasteiger partial charge is 0.378 e. The number of rotatable bonds is 7. The summed E-state index contributed by atoms with van der Waals surface area (Å²) in [6.07, 6.45) is 3.33. The number of aryl methyl sites for hydroxylation is 1. The number of carbonyl (C=O) groups excluding carboxylic acids is 2. The molecule has 15 heteroatoms. The maximum atomic E-state index is 13.0. The summed E-state index contributed by atoms with van der Waals surface area (Å²) in [7, 11) is 0. The number of aromatic nitrogens is 4. The molecule has 0 aliphatic carbocycles. The molecular formula is C29H36N10O4S. The first kappa shape index (κ1) is 29.8. The van der Waals surface area contributed by atoms with Crippen molar-refractivity contribution in [2.75, 3.05) is 85.8 Å². The molecule has 0 radical (unpaired) electrons. The lowest BCUT2D eigenvalue weighted by molar-refractivity contribution is 0.0643. The Kier molecular flexibility index (Phi) is 8.95. The number of anilines is 4. The van der Waals surface area contributed by atoms with Crippen LogP contribution in [0.4, 0.5) is 28.2 Å². The van der Waals surface area contributed by atoms with E-state index in [2.05, 4.69) is 32.0 Å². The first-order valence-electron chi connectivity index (χ1n) is 14.8. The number of nitrogen functional groups attached to an aromatic ring is 1. The summed E-state index contributed by atoms with van der Waals surface area (Å²) in [4.78, 5) is 50.2. The fourth-order valence-corrected chi connectivity index (χ4v) is 6.08. The molecule has 0 bridgehead atoms. The van der Waals surface area contributed by atoms with Crippen molar-refractivity contribution in [3.63, 3.8) is 0 Å². The molecule has 232 valence electrons. The van der Waals surface area contributed by atoms with Gasteiger partial charge in [-0.15, -0.1) is 0 Å². The number of ether oxygens (including phenoxy) is 1. The average Bonchev–Trinajstić information content (AvgIpc) is 3.48. The molecule has 14 nitrogen and oxygen atoms in total. The van der Waals surface area contributed by atoms with Crippen LogP contribution in [0.1, 0.15) is 28.4 Å². The number of likely N-dealkylation sites (N-methyl/N-ethyl adjacent to an activating group) is 1. The molecule has 1 aromatic carbocycles. The Hall–Kier alpha value is -4.21. The van der Waals surface area contributed by atoms with Crippen molar-refractivity contribution < 1.29 is 18.5 Å². The van der Waals surface area contributed by atoms with E-state index in [0.717, 1.165) is 54.2 Å². The van der Waals surface area contributed by atoms with Gasteiger partial charge in [-0.05, 0) is 43.7 Å².